The van der Waals surface area contributed by atoms with Crippen LogP contribution in [-0.2, 0) is 10.0 Å². The largest absolute Gasteiger partial charge is 0.241 e. The van der Waals surface area contributed by atoms with Gasteiger partial charge in [0.15, 0.2) is 0 Å². The molecule has 0 fully saturated rings. The molecule has 1 aromatic carbocycles. The van der Waals surface area contributed by atoms with E-state index in [9.17, 15) is 8.42 Å². The van der Waals surface area contributed by atoms with Crippen LogP contribution in [0.2, 0.25) is 0 Å². The highest BCUT2D eigenvalue weighted by molar-refractivity contribution is 14.1. The SMILES string of the molecule is O=S(=O)(NCCCI)c1ccccc1Br. The van der Waals surface area contributed by atoms with Gasteiger partial charge in [-0.25, -0.2) is 13.1 Å². The van der Waals surface area contributed by atoms with Crippen LogP contribution in [0.3, 0.4) is 0 Å². The number of rotatable bonds is 5. The van der Waals surface area contributed by atoms with Crippen LogP contribution in [-0.4, -0.2) is 19.4 Å². The van der Waals surface area contributed by atoms with Crippen molar-refractivity contribution in [2.45, 2.75) is 11.3 Å². The van der Waals surface area contributed by atoms with Crippen LogP contribution in [0.1, 0.15) is 6.42 Å². The Kier molecular flexibility index (Phi) is 5.51. The van der Waals surface area contributed by atoms with Gasteiger partial charge in [0.25, 0.3) is 0 Å². The van der Waals surface area contributed by atoms with Gasteiger partial charge in [0.05, 0.1) is 4.90 Å². The van der Waals surface area contributed by atoms with Crippen molar-refractivity contribution in [2.24, 2.45) is 0 Å². The van der Waals surface area contributed by atoms with Crippen molar-refractivity contribution < 1.29 is 8.42 Å². The predicted octanol–water partition coefficient (Wildman–Crippen LogP) is 2.55. The molecule has 3 nitrogen and oxygen atoms in total. The molecule has 0 atom stereocenters. The lowest BCUT2D eigenvalue weighted by molar-refractivity contribution is 0.580. The molecule has 0 amide bonds. The highest BCUT2D eigenvalue weighted by atomic mass is 127. The van der Waals surface area contributed by atoms with Crippen LogP contribution >= 0.6 is 38.5 Å². The topological polar surface area (TPSA) is 46.2 Å². The van der Waals surface area contributed by atoms with Crippen molar-refractivity contribution in [1.29, 1.82) is 0 Å². The lowest BCUT2D eigenvalue weighted by Gasteiger charge is -2.07. The van der Waals surface area contributed by atoms with E-state index in [1.54, 1.807) is 24.3 Å². The minimum atomic E-state index is -3.36. The number of nitrogens with one attached hydrogen (secondary N) is 1. The molecule has 0 radical (unpaired) electrons. The third kappa shape index (κ3) is 4.01. The molecule has 0 heterocycles. The molecule has 0 unspecified atom stereocenters. The number of sulfonamides is 1. The van der Waals surface area contributed by atoms with Gasteiger partial charge in [-0.05, 0) is 34.5 Å². The van der Waals surface area contributed by atoms with Crippen molar-refractivity contribution >= 4 is 48.5 Å². The molecule has 1 rings (SSSR count). The molecule has 0 saturated carbocycles. The van der Waals surface area contributed by atoms with Gasteiger partial charge in [0.2, 0.25) is 10.0 Å². The lowest BCUT2D eigenvalue weighted by atomic mass is 10.4. The molecule has 1 N–H and O–H groups in total. The standard InChI is InChI=1S/C9H11BrINO2S/c10-8-4-1-2-5-9(8)15(13,14)12-7-3-6-11/h1-2,4-5,12H,3,6-7H2. The van der Waals surface area contributed by atoms with Gasteiger partial charge in [0, 0.05) is 15.4 Å². The first-order valence-corrected chi connectivity index (χ1v) is 8.18. The average Bonchev–Trinajstić information content (AvgIpc) is 2.18. The number of hydrogen-bond donors (Lipinski definition) is 1. The van der Waals surface area contributed by atoms with Gasteiger partial charge in [-0.3, -0.25) is 0 Å². The zero-order valence-electron chi connectivity index (χ0n) is 7.91. The lowest BCUT2D eigenvalue weighted by Crippen LogP contribution is -2.25. The second-order valence-corrected chi connectivity index (χ2v) is 6.54. The molecule has 0 saturated heterocycles. The second kappa shape index (κ2) is 6.17. The van der Waals surface area contributed by atoms with Crippen molar-refractivity contribution in [3.05, 3.63) is 28.7 Å². The molecule has 0 aliphatic rings. The maximum absolute atomic E-state index is 11.8. The summed E-state index contributed by atoms with van der Waals surface area (Å²) in [5.74, 6) is 0. The zero-order chi connectivity index (χ0) is 11.3. The maximum Gasteiger partial charge on any atom is 0.241 e. The molecule has 0 aliphatic carbocycles. The number of alkyl halides is 1. The monoisotopic (exact) mass is 403 g/mol. The van der Waals surface area contributed by atoms with E-state index in [1.165, 1.54) is 0 Å². The Hall–Kier alpha value is 0.340. The summed E-state index contributed by atoms with van der Waals surface area (Å²) in [4.78, 5) is 0.290. The first kappa shape index (κ1) is 13.4. The second-order valence-electron chi connectivity index (χ2n) is 2.87. The highest BCUT2D eigenvalue weighted by Crippen LogP contribution is 2.20. The Labute approximate surface area is 112 Å². The van der Waals surface area contributed by atoms with E-state index in [2.05, 4.69) is 43.2 Å². The minimum absolute atomic E-state index is 0.290. The van der Waals surface area contributed by atoms with Gasteiger partial charge < -0.3 is 0 Å². The molecular weight excluding hydrogens is 393 g/mol. The molecule has 0 bridgehead atoms. The highest BCUT2D eigenvalue weighted by Gasteiger charge is 2.15. The summed E-state index contributed by atoms with van der Waals surface area (Å²) >= 11 is 5.44. The van der Waals surface area contributed by atoms with E-state index in [0.29, 0.717) is 15.9 Å². The van der Waals surface area contributed by atoms with E-state index in [1.807, 2.05) is 0 Å². The smallest absolute Gasteiger partial charge is 0.211 e. The molecule has 0 aromatic heterocycles. The fourth-order valence-corrected chi connectivity index (χ4v) is 3.47. The fourth-order valence-electron chi connectivity index (χ4n) is 1.01. The maximum atomic E-state index is 11.8. The summed E-state index contributed by atoms with van der Waals surface area (Å²) in [6.07, 6.45) is 0.838. The Bertz CT molecular complexity index is 422. The Morgan fingerprint density at radius 1 is 1.33 bits per heavy atom. The molecule has 1 aromatic rings. The van der Waals surface area contributed by atoms with Crippen molar-refractivity contribution in [2.75, 3.05) is 11.0 Å². The average molecular weight is 404 g/mol. The third-order valence-corrected chi connectivity index (χ3v) is 4.96. The van der Waals surface area contributed by atoms with Crippen molar-refractivity contribution in [3.63, 3.8) is 0 Å². The number of hydrogen-bond acceptors (Lipinski definition) is 2. The molecule has 0 aliphatic heterocycles. The predicted molar refractivity (Wildman–Crippen MR) is 72.8 cm³/mol. The van der Waals surface area contributed by atoms with E-state index < -0.39 is 10.0 Å². The summed E-state index contributed by atoms with van der Waals surface area (Å²) in [6, 6.07) is 6.79. The first-order chi connectivity index (χ1) is 7.08. The summed E-state index contributed by atoms with van der Waals surface area (Å²) in [7, 11) is -3.36. The molecule has 84 valence electrons. The van der Waals surface area contributed by atoms with Crippen LogP contribution < -0.4 is 4.72 Å². The van der Waals surface area contributed by atoms with Gasteiger partial charge in [-0.15, -0.1) is 0 Å². The molecular formula is C9H11BrINO2S. The van der Waals surface area contributed by atoms with Crippen LogP contribution in [0, 0.1) is 0 Å². The Morgan fingerprint density at radius 3 is 2.60 bits per heavy atom. The van der Waals surface area contributed by atoms with E-state index in [-0.39, 0.29) is 0 Å². The van der Waals surface area contributed by atoms with E-state index in [4.69, 9.17) is 0 Å². The summed E-state index contributed by atoms with van der Waals surface area (Å²) < 4.78 is 27.7. The molecule has 0 spiro atoms. The van der Waals surface area contributed by atoms with Gasteiger partial charge >= 0.3 is 0 Å². The van der Waals surface area contributed by atoms with Crippen LogP contribution in [0.25, 0.3) is 0 Å². The number of halogens is 2. The molecule has 15 heavy (non-hydrogen) atoms. The summed E-state index contributed by atoms with van der Waals surface area (Å²) in [6.45, 7) is 0.479. The van der Waals surface area contributed by atoms with Crippen LogP contribution in [0.15, 0.2) is 33.6 Å². The van der Waals surface area contributed by atoms with Gasteiger partial charge in [-0.2, -0.15) is 0 Å². The third-order valence-electron chi connectivity index (χ3n) is 1.73. The van der Waals surface area contributed by atoms with Crippen molar-refractivity contribution in [1.82, 2.24) is 4.72 Å². The normalized spacial score (nSPS) is 11.6. The summed E-state index contributed by atoms with van der Waals surface area (Å²) in [5.41, 5.74) is 0. The Morgan fingerprint density at radius 2 is 2.00 bits per heavy atom. The van der Waals surface area contributed by atoms with Crippen LogP contribution in [0.4, 0.5) is 0 Å². The first-order valence-electron chi connectivity index (χ1n) is 4.38. The Balaban J connectivity index is 2.83. The van der Waals surface area contributed by atoms with Gasteiger partial charge in [-0.1, -0.05) is 34.7 Å². The minimum Gasteiger partial charge on any atom is -0.211 e. The van der Waals surface area contributed by atoms with E-state index in [0.717, 1.165) is 10.8 Å². The number of benzene rings is 1. The van der Waals surface area contributed by atoms with E-state index >= 15 is 0 Å². The van der Waals surface area contributed by atoms with Gasteiger partial charge in [0.1, 0.15) is 0 Å². The summed E-state index contributed by atoms with van der Waals surface area (Å²) in [5, 5.41) is 0. The zero-order valence-corrected chi connectivity index (χ0v) is 12.5. The quantitative estimate of drug-likeness (QED) is 0.466. The van der Waals surface area contributed by atoms with Crippen molar-refractivity contribution in [3.8, 4) is 0 Å². The van der Waals surface area contributed by atoms with Crippen LogP contribution in [0.5, 0.6) is 0 Å². The molecule has 6 heteroatoms. The fraction of sp³-hybridized carbons (Fsp3) is 0.333.